The Bertz CT molecular complexity index is 654. The van der Waals surface area contributed by atoms with Crippen LogP contribution in [0.5, 0.6) is 0 Å². The van der Waals surface area contributed by atoms with Crippen LogP contribution >= 0.6 is 0 Å². The van der Waals surface area contributed by atoms with Crippen molar-refractivity contribution in [3.05, 3.63) is 33.9 Å². The van der Waals surface area contributed by atoms with Gasteiger partial charge in [-0.2, -0.15) is 0 Å². The lowest BCUT2D eigenvalue weighted by atomic mass is 10.0. The summed E-state index contributed by atoms with van der Waals surface area (Å²) in [6.07, 6.45) is 3.72. The summed E-state index contributed by atoms with van der Waals surface area (Å²) >= 11 is 0. The van der Waals surface area contributed by atoms with Gasteiger partial charge in [-0.05, 0) is 30.9 Å². The van der Waals surface area contributed by atoms with Crippen LogP contribution in [-0.4, -0.2) is 59.8 Å². The Morgan fingerprint density at radius 1 is 1.35 bits per heavy atom. The highest BCUT2D eigenvalue weighted by molar-refractivity contribution is 5.95. The monoisotopic (exact) mass is 363 g/mol. The predicted octanol–water partition coefficient (Wildman–Crippen LogP) is 2.03. The summed E-state index contributed by atoms with van der Waals surface area (Å²) in [5.74, 6) is 0.0256. The van der Waals surface area contributed by atoms with Gasteiger partial charge in [0.25, 0.3) is 11.6 Å². The molecule has 1 amide bonds. The Balaban J connectivity index is 1.69. The minimum Gasteiger partial charge on any atom is -0.391 e. The molecule has 8 heteroatoms. The summed E-state index contributed by atoms with van der Waals surface area (Å²) in [7, 11) is 0. The van der Waals surface area contributed by atoms with Crippen molar-refractivity contribution in [2.24, 2.45) is 5.92 Å². The largest absolute Gasteiger partial charge is 0.391 e. The SMILES string of the molecule is O=C(c1ccc(NCC(O)C2CCCC2)c([N+](=O)[O-])c1)N1CCOCC1. The number of anilines is 1. The van der Waals surface area contributed by atoms with Crippen molar-refractivity contribution in [3.63, 3.8) is 0 Å². The van der Waals surface area contributed by atoms with E-state index in [1.54, 1.807) is 17.0 Å². The van der Waals surface area contributed by atoms with Crippen molar-refractivity contribution < 1.29 is 19.6 Å². The van der Waals surface area contributed by atoms with Crippen molar-refractivity contribution in [2.75, 3.05) is 38.2 Å². The molecule has 26 heavy (non-hydrogen) atoms. The number of morpholine rings is 1. The van der Waals surface area contributed by atoms with Gasteiger partial charge in [-0.15, -0.1) is 0 Å². The number of nitrogens with one attached hydrogen (secondary N) is 1. The maximum absolute atomic E-state index is 12.5. The summed E-state index contributed by atoms with van der Waals surface area (Å²) in [6, 6.07) is 4.45. The second kappa shape index (κ2) is 8.46. The van der Waals surface area contributed by atoms with E-state index in [-0.39, 0.29) is 24.1 Å². The molecule has 0 spiro atoms. The van der Waals surface area contributed by atoms with Crippen LogP contribution in [0.25, 0.3) is 0 Å². The normalized spacial score (nSPS) is 19.3. The molecule has 1 saturated carbocycles. The first-order valence-corrected chi connectivity index (χ1v) is 9.13. The van der Waals surface area contributed by atoms with Crippen molar-refractivity contribution in [1.29, 1.82) is 0 Å². The van der Waals surface area contributed by atoms with Crippen LogP contribution in [0.15, 0.2) is 18.2 Å². The fourth-order valence-corrected chi connectivity index (χ4v) is 3.64. The number of amides is 1. The Morgan fingerprint density at radius 3 is 2.69 bits per heavy atom. The fraction of sp³-hybridized carbons (Fsp3) is 0.611. The number of hydrogen-bond donors (Lipinski definition) is 2. The maximum Gasteiger partial charge on any atom is 0.293 e. The van der Waals surface area contributed by atoms with Crippen LogP contribution < -0.4 is 5.32 Å². The van der Waals surface area contributed by atoms with E-state index in [9.17, 15) is 20.0 Å². The first-order chi connectivity index (χ1) is 12.6. The number of aliphatic hydroxyl groups is 1. The molecule has 1 heterocycles. The van der Waals surface area contributed by atoms with Gasteiger partial charge in [0, 0.05) is 31.3 Å². The lowest BCUT2D eigenvalue weighted by molar-refractivity contribution is -0.384. The number of rotatable bonds is 6. The van der Waals surface area contributed by atoms with Crippen LogP contribution in [0.1, 0.15) is 36.0 Å². The quantitative estimate of drug-likeness (QED) is 0.592. The summed E-state index contributed by atoms with van der Waals surface area (Å²) in [6.45, 7) is 2.20. The van der Waals surface area contributed by atoms with E-state index in [1.165, 1.54) is 6.07 Å². The molecular weight excluding hydrogens is 338 g/mol. The Morgan fingerprint density at radius 2 is 2.04 bits per heavy atom. The van der Waals surface area contributed by atoms with Crippen molar-refractivity contribution >= 4 is 17.3 Å². The average Bonchev–Trinajstić information content (AvgIpc) is 3.21. The van der Waals surface area contributed by atoms with Gasteiger partial charge < -0.3 is 20.1 Å². The van der Waals surface area contributed by atoms with Crippen molar-refractivity contribution in [2.45, 2.75) is 31.8 Å². The van der Waals surface area contributed by atoms with Crippen LogP contribution in [0.3, 0.4) is 0 Å². The molecule has 2 N–H and O–H groups in total. The Hall–Kier alpha value is -2.19. The average molecular weight is 363 g/mol. The molecule has 2 aliphatic rings. The van der Waals surface area contributed by atoms with Gasteiger partial charge in [0.15, 0.2) is 0 Å². The third kappa shape index (κ3) is 4.31. The third-order valence-corrected chi connectivity index (χ3v) is 5.19. The zero-order chi connectivity index (χ0) is 18.5. The van der Waals surface area contributed by atoms with Crippen LogP contribution in [0, 0.1) is 16.0 Å². The minimum absolute atomic E-state index is 0.150. The number of carbonyl (C=O) groups excluding carboxylic acids is 1. The molecule has 1 saturated heterocycles. The maximum atomic E-state index is 12.5. The van der Waals surface area contributed by atoms with E-state index in [1.807, 2.05) is 0 Å². The Labute approximate surface area is 152 Å². The lowest BCUT2D eigenvalue weighted by Gasteiger charge is -2.26. The number of benzene rings is 1. The minimum atomic E-state index is -0.522. The highest BCUT2D eigenvalue weighted by Gasteiger charge is 2.25. The first kappa shape index (κ1) is 18.6. The molecule has 1 aliphatic carbocycles. The molecule has 2 fully saturated rings. The molecule has 0 radical (unpaired) electrons. The molecule has 0 aromatic heterocycles. The zero-order valence-electron chi connectivity index (χ0n) is 14.7. The van der Waals surface area contributed by atoms with Gasteiger partial charge in [-0.25, -0.2) is 0 Å². The fourth-order valence-electron chi connectivity index (χ4n) is 3.64. The van der Waals surface area contributed by atoms with E-state index >= 15 is 0 Å². The van der Waals surface area contributed by atoms with Gasteiger partial charge in [0.05, 0.1) is 24.2 Å². The number of hydrogen-bond acceptors (Lipinski definition) is 6. The van der Waals surface area contributed by atoms with Crippen molar-refractivity contribution in [3.8, 4) is 0 Å². The zero-order valence-corrected chi connectivity index (χ0v) is 14.7. The molecule has 1 unspecified atom stereocenters. The van der Waals surface area contributed by atoms with Gasteiger partial charge in [0.2, 0.25) is 0 Å². The van der Waals surface area contributed by atoms with Gasteiger partial charge in [-0.1, -0.05) is 12.8 Å². The Kier molecular flexibility index (Phi) is 6.05. The van der Waals surface area contributed by atoms with Gasteiger partial charge >= 0.3 is 0 Å². The molecule has 0 bridgehead atoms. The van der Waals surface area contributed by atoms with Gasteiger partial charge in [-0.3, -0.25) is 14.9 Å². The van der Waals surface area contributed by atoms with Crippen LogP contribution in [0.2, 0.25) is 0 Å². The molecule has 3 rings (SSSR count). The van der Waals surface area contributed by atoms with E-state index in [4.69, 9.17) is 4.74 Å². The molecule has 8 nitrogen and oxygen atoms in total. The second-order valence-corrected chi connectivity index (χ2v) is 6.89. The molecule has 1 aliphatic heterocycles. The van der Waals surface area contributed by atoms with Crippen molar-refractivity contribution in [1.82, 2.24) is 4.90 Å². The smallest absolute Gasteiger partial charge is 0.293 e. The number of carbonyl (C=O) groups is 1. The molecule has 1 aromatic carbocycles. The van der Waals surface area contributed by atoms with E-state index in [0.29, 0.717) is 37.6 Å². The number of nitro groups is 1. The highest BCUT2D eigenvalue weighted by atomic mass is 16.6. The van der Waals surface area contributed by atoms with Crippen LogP contribution in [-0.2, 0) is 4.74 Å². The first-order valence-electron chi connectivity index (χ1n) is 9.13. The second-order valence-electron chi connectivity index (χ2n) is 6.89. The highest BCUT2D eigenvalue weighted by Crippen LogP contribution is 2.30. The van der Waals surface area contributed by atoms with E-state index < -0.39 is 11.0 Å². The number of nitro benzene ring substituents is 1. The molecule has 142 valence electrons. The standard InChI is InChI=1S/C18H25N3O5/c22-17(13-3-1-2-4-13)12-19-15-6-5-14(11-16(15)21(24)25)18(23)20-7-9-26-10-8-20/h5-6,11,13,17,19,22H,1-4,7-10,12H2. The van der Waals surface area contributed by atoms with Gasteiger partial charge in [0.1, 0.15) is 5.69 Å². The molecule has 1 atom stereocenters. The summed E-state index contributed by atoms with van der Waals surface area (Å²) < 4.78 is 5.23. The lowest BCUT2D eigenvalue weighted by Crippen LogP contribution is -2.40. The van der Waals surface area contributed by atoms with Crippen LogP contribution in [0.4, 0.5) is 11.4 Å². The third-order valence-electron chi connectivity index (χ3n) is 5.19. The predicted molar refractivity (Wildman–Crippen MR) is 96.3 cm³/mol. The molecular formula is C18H25N3O5. The number of ether oxygens (including phenoxy) is 1. The number of aliphatic hydroxyl groups excluding tert-OH is 1. The van der Waals surface area contributed by atoms with E-state index in [0.717, 1.165) is 25.7 Å². The summed E-state index contributed by atoms with van der Waals surface area (Å²) in [4.78, 5) is 25.1. The van der Waals surface area contributed by atoms with E-state index in [2.05, 4.69) is 5.32 Å². The topological polar surface area (TPSA) is 105 Å². The molecule has 1 aromatic rings. The summed E-state index contributed by atoms with van der Waals surface area (Å²) in [5.41, 5.74) is 0.466. The number of nitrogens with zero attached hydrogens (tertiary/aromatic N) is 2. The summed E-state index contributed by atoms with van der Waals surface area (Å²) in [5, 5.41) is 24.7.